The molecule has 0 spiro atoms. The van der Waals surface area contributed by atoms with Crippen LogP contribution in [0.25, 0.3) is 0 Å². The molecule has 3 heteroatoms. The van der Waals surface area contributed by atoms with Gasteiger partial charge in [0.25, 0.3) is 0 Å². The van der Waals surface area contributed by atoms with Crippen molar-refractivity contribution in [1.29, 1.82) is 0 Å². The second kappa shape index (κ2) is 9.23. The van der Waals surface area contributed by atoms with Gasteiger partial charge in [-0.2, -0.15) is 11.8 Å². The van der Waals surface area contributed by atoms with Gasteiger partial charge in [0.2, 0.25) is 0 Å². The Morgan fingerprint density at radius 3 is 2.82 bits per heavy atom. The Hall–Kier alpha value is 0.270. The van der Waals surface area contributed by atoms with E-state index in [1.807, 2.05) is 0 Å². The molecule has 0 aromatic carbocycles. The lowest BCUT2D eigenvalue weighted by Crippen LogP contribution is -2.33. The van der Waals surface area contributed by atoms with Crippen LogP contribution in [0.4, 0.5) is 0 Å². The van der Waals surface area contributed by atoms with E-state index in [0.29, 0.717) is 12.1 Å². The summed E-state index contributed by atoms with van der Waals surface area (Å²) in [5.41, 5.74) is 0. The molecule has 17 heavy (non-hydrogen) atoms. The summed E-state index contributed by atoms with van der Waals surface area (Å²) in [6.07, 6.45) is 6.81. The van der Waals surface area contributed by atoms with Gasteiger partial charge in [-0.3, -0.25) is 0 Å². The second-order valence-corrected chi connectivity index (χ2v) is 6.85. The number of hydrogen-bond donors (Lipinski definition) is 1. The molecule has 1 aliphatic heterocycles. The molecular weight excluding hydrogens is 230 g/mol. The molecular formula is C14H29NOS. The monoisotopic (exact) mass is 259 g/mol. The van der Waals surface area contributed by atoms with Crippen LogP contribution >= 0.6 is 11.8 Å². The highest BCUT2D eigenvalue weighted by atomic mass is 32.2. The smallest absolute Gasteiger partial charge is 0.0576 e. The van der Waals surface area contributed by atoms with Crippen molar-refractivity contribution in [2.45, 2.75) is 70.3 Å². The number of thioether (sulfide) groups is 1. The zero-order valence-electron chi connectivity index (χ0n) is 11.7. The number of ether oxygens (including phenoxy) is 1. The van der Waals surface area contributed by atoms with Crippen LogP contribution in [-0.4, -0.2) is 36.3 Å². The van der Waals surface area contributed by atoms with Gasteiger partial charge in [-0.15, -0.1) is 0 Å². The quantitative estimate of drug-likeness (QED) is 0.685. The fourth-order valence-electron chi connectivity index (χ4n) is 2.16. The highest BCUT2D eigenvalue weighted by Gasteiger charge is 2.17. The molecule has 0 radical (unpaired) electrons. The van der Waals surface area contributed by atoms with Crippen LogP contribution in [0.5, 0.6) is 0 Å². The predicted octanol–water partition coefficient (Wildman–Crippen LogP) is 3.46. The number of nitrogens with one attached hydrogen (secondary N) is 1. The van der Waals surface area contributed by atoms with Crippen molar-refractivity contribution in [2.24, 2.45) is 0 Å². The largest absolute Gasteiger partial charge is 0.378 e. The van der Waals surface area contributed by atoms with Gasteiger partial charge >= 0.3 is 0 Å². The topological polar surface area (TPSA) is 21.3 Å². The van der Waals surface area contributed by atoms with Gasteiger partial charge in [0.05, 0.1) is 6.10 Å². The van der Waals surface area contributed by atoms with Gasteiger partial charge in [0, 0.05) is 18.4 Å². The minimum Gasteiger partial charge on any atom is -0.378 e. The van der Waals surface area contributed by atoms with Gasteiger partial charge in [-0.1, -0.05) is 20.8 Å². The van der Waals surface area contributed by atoms with Gasteiger partial charge in [0.1, 0.15) is 0 Å². The Morgan fingerprint density at radius 2 is 2.24 bits per heavy atom. The summed E-state index contributed by atoms with van der Waals surface area (Å²) >= 11 is 2.07. The molecule has 2 atom stereocenters. The molecule has 0 aliphatic carbocycles. The summed E-state index contributed by atoms with van der Waals surface area (Å²) in [6, 6.07) is 0.673. The van der Waals surface area contributed by atoms with E-state index in [4.69, 9.17) is 4.74 Å². The minimum atomic E-state index is 0.546. The van der Waals surface area contributed by atoms with Crippen LogP contribution in [0.2, 0.25) is 0 Å². The Balaban J connectivity index is 2.18. The van der Waals surface area contributed by atoms with Crippen LogP contribution in [-0.2, 0) is 4.74 Å². The lowest BCUT2D eigenvalue weighted by molar-refractivity contribution is 0.100. The van der Waals surface area contributed by atoms with E-state index in [2.05, 4.69) is 37.8 Å². The maximum atomic E-state index is 5.70. The first-order chi connectivity index (χ1) is 8.22. The summed E-state index contributed by atoms with van der Waals surface area (Å²) in [5, 5.41) is 4.41. The molecule has 0 aromatic heterocycles. The summed E-state index contributed by atoms with van der Waals surface area (Å²) in [5.74, 6) is 1.24. The van der Waals surface area contributed by atoms with Crippen LogP contribution in [0.15, 0.2) is 0 Å². The first-order valence-corrected chi connectivity index (χ1v) is 8.23. The Bertz CT molecular complexity index is 181. The van der Waals surface area contributed by atoms with E-state index in [-0.39, 0.29) is 0 Å². The Morgan fingerprint density at radius 1 is 1.41 bits per heavy atom. The molecule has 1 fully saturated rings. The molecule has 2 nitrogen and oxygen atoms in total. The fraction of sp³-hybridized carbons (Fsp3) is 1.00. The third-order valence-corrected chi connectivity index (χ3v) is 4.44. The zero-order valence-corrected chi connectivity index (χ0v) is 12.5. The average molecular weight is 259 g/mol. The molecule has 2 unspecified atom stereocenters. The van der Waals surface area contributed by atoms with E-state index in [1.165, 1.54) is 37.9 Å². The molecule has 1 aliphatic rings. The predicted molar refractivity (Wildman–Crippen MR) is 77.9 cm³/mol. The summed E-state index contributed by atoms with van der Waals surface area (Å²) in [4.78, 5) is 0. The van der Waals surface area contributed by atoms with Crippen molar-refractivity contribution < 1.29 is 4.74 Å². The first kappa shape index (κ1) is 15.3. The molecule has 0 amide bonds. The second-order valence-electron chi connectivity index (χ2n) is 5.25. The van der Waals surface area contributed by atoms with Gasteiger partial charge in [-0.05, 0) is 43.9 Å². The van der Waals surface area contributed by atoms with Crippen molar-refractivity contribution in [3.63, 3.8) is 0 Å². The maximum Gasteiger partial charge on any atom is 0.0576 e. The zero-order chi connectivity index (χ0) is 12.5. The molecule has 1 N–H and O–H groups in total. The van der Waals surface area contributed by atoms with Crippen LogP contribution in [0, 0.1) is 0 Å². The molecule has 0 aromatic rings. The van der Waals surface area contributed by atoms with Gasteiger partial charge in [0.15, 0.2) is 0 Å². The lowest BCUT2D eigenvalue weighted by atomic mass is 10.1. The number of hydrogen-bond acceptors (Lipinski definition) is 3. The standard InChI is InChI=1S/C14H29NOS/c1-4-9-15-13(11-17-12(2)3)7-8-14-6-5-10-16-14/h12-15H,4-11H2,1-3H3. The normalized spacial score (nSPS) is 22.2. The van der Waals surface area contributed by atoms with Crippen LogP contribution < -0.4 is 5.32 Å². The Labute approximate surface area is 111 Å². The van der Waals surface area contributed by atoms with Crippen molar-refractivity contribution in [2.75, 3.05) is 18.9 Å². The van der Waals surface area contributed by atoms with Crippen molar-refractivity contribution >= 4 is 11.8 Å². The highest BCUT2D eigenvalue weighted by molar-refractivity contribution is 7.99. The molecule has 102 valence electrons. The van der Waals surface area contributed by atoms with E-state index in [9.17, 15) is 0 Å². The van der Waals surface area contributed by atoms with Gasteiger partial charge in [-0.25, -0.2) is 0 Å². The molecule has 1 rings (SSSR count). The molecule has 1 heterocycles. The number of rotatable bonds is 9. The lowest BCUT2D eigenvalue weighted by Gasteiger charge is -2.20. The average Bonchev–Trinajstić information content (AvgIpc) is 2.80. The van der Waals surface area contributed by atoms with E-state index >= 15 is 0 Å². The SMILES string of the molecule is CCCNC(CCC1CCCO1)CSC(C)C. The van der Waals surface area contributed by atoms with Gasteiger partial charge < -0.3 is 10.1 Å². The first-order valence-electron chi connectivity index (χ1n) is 7.19. The highest BCUT2D eigenvalue weighted by Crippen LogP contribution is 2.20. The maximum absolute atomic E-state index is 5.70. The van der Waals surface area contributed by atoms with E-state index in [0.717, 1.165) is 18.4 Å². The van der Waals surface area contributed by atoms with Crippen LogP contribution in [0.1, 0.15) is 52.9 Å². The van der Waals surface area contributed by atoms with Crippen LogP contribution in [0.3, 0.4) is 0 Å². The molecule has 0 saturated carbocycles. The van der Waals surface area contributed by atoms with Crippen molar-refractivity contribution in [3.8, 4) is 0 Å². The van der Waals surface area contributed by atoms with E-state index in [1.54, 1.807) is 0 Å². The molecule has 0 bridgehead atoms. The van der Waals surface area contributed by atoms with Crippen molar-refractivity contribution in [1.82, 2.24) is 5.32 Å². The third-order valence-electron chi connectivity index (χ3n) is 3.17. The summed E-state index contributed by atoms with van der Waals surface area (Å²) < 4.78 is 5.70. The summed E-state index contributed by atoms with van der Waals surface area (Å²) in [7, 11) is 0. The van der Waals surface area contributed by atoms with E-state index < -0.39 is 0 Å². The van der Waals surface area contributed by atoms with Crippen molar-refractivity contribution in [3.05, 3.63) is 0 Å². The fourth-order valence-corrected chi connectivity index (χ4v) is 3.06. The Kier molecular flexibility index (Phi) is 8.33. The molecule has 1 saturated heterocycles. The summed E-state index contributed by atoms with van der Waals surface area (Å²) in [6.45, 7) is 8.93. The minimum absolute atomic E-state index is 0.546. The third kappa shape index (κ3) is 7.32.